The average Bonchev–Trinajstić information content (AvgIpc) is 3.45. The molecule has 0 saturated carbocycles. The topological polar surface area (TPSA) is 296 Å². The summed E-state index contributed by atoms with van der Waals surface area (Å²) in [6, 6.07) is 0. The van der Waals surface area contributed by atoms with Gasteiger partial charge in [0.2, 0.25) is 0 Å². The van der Waals surface area contributed by atoms with E-state index in [1.165, 1.54) is 0 Å². The molecule has 0 unspecified atom stereocenters. The van der Waals surface area contributed by atoms with Crippen LogP contribution in [0.1, 0.15) is 0 Å². The van der Waals surface area contributed by atoms with Crippen molar-refractivity contribution < 1.29 is 114 Å². The summed E-state index contributed by atoms with van der Waals surface area (Å²) in [7, 11) is 0. The van der Waals surface area contributed by atoms with Crippen molar-refractivity contribution in [2.75, 3.05) is 330 Å². The quantitative estimate of drug-likeness (QED) is 0.0378. The summed E-state index contributed by atoms with van der Waals surface area (Å²) in [6.45, 7) is 24.3. The van der Waals surface area contributed by atoms with Gasteiger partial charge in [0.05, 0.1) is 317 Å². The minimum atomic E-state index is 0.320. The number of nitrogens with two attached hydrogens (primary N) is 1. The summed E-state index contributed by atoms with van der Waals surface area (Å²) in [6.07, 6.45) is 0. The van der Waals surface area contributed by atoms with Gasteiger partial charge in [0.15, 0.2) is 0 Å². The number of hydrogen-bond donors (Lipinski definition) is 1. The Labute approximate surface area is 464 Å². The lowest BCUT2D eigenvalue weighted by atomic mass is 10.6. The Balaban J connectivity index is 3.08. The Kier molecular flexibility index (Phi) is 73.7. The molecule has 0 spiro atoms. The second-order valence-corrected chi connectivity index (χ2v) is 15.4. The van der Waals surface area contributed by atoms with E-state index in [1.807, 2.05) is 0 Å². The van der Waals surface area contributed by atoms with Crippen LogP contribution >= 0.6 is 0 Å². The molecule has 2 N–H and O–H groups in total. The first-order valence-electron chi connectivity index (χ1n) is 27.5. The lowest BCUT2D eigenvalue weighted by Crippen LogP contribution is -2.16. The molecular weight excluding hydrogens is 1040 g/mol. The first-order chi connectivity index (χ1) is 38.9. The van der Waals surface area contributed by atoms with Crippen LogP contribution < -0.4 is 5.73 Å². The monoisotopic (exact) mass is 1140 g/mol. The van der Waals surface area contributed by atoms with Crippen LogP contribution in [0.4, 0.5) is 0 Å². The van der Waals surface area contributed by atoms with E-state index in [-0.39, 0.29) is 0 Å². The van der Waals surface area contributed by atoms with E-state index in [0.29, 0.717) is 330 Å². The maximum absolute atomic E-state index is 8.17. The summed E-state index contributed by atoms with van der Waals surface area (Å²) in [4.78, 5) is 2.65. The molecule has 466 valence electrons. The maximum atomic E-state index is 8.17. The van der Waals surface area contributed by atoms with Gasteiger partial charge in [0, 0.05) is 18.0 Å². The van der Waals surface area contributed by atoms with Gasteiger partial charge in [-0.25, -0.2) is 0 Å². The summed E-state index contributed by atoms with van der Waals surface area (Å²) < 4.78 is 131. The summed E-state index contributed by atoms with van der Waals surface area (Å²) in [5, 5.41) is 3.38. The standard InChI is InChI=1S/C50H102N4O24/c51-1-3-55-5-7-57-9-11-59-13-15-61-17-19-63-21-23-65-25-27-67-29-31-69-33-35-71-37-39-73-41-43-75-45-47-77-49-50-78-48-46-76-44-42-74-40-38-72-36-34-70-32-30-68-28-26-66-24-22-64-20-18-62-16-14-60-12-10-58-8-6-56-4-2-53-54-52/h1-51H2. The normalized spacial score (nSPS) is 11.6. The Morgan fingerprint density at radius 3 is 0.385 bits per heavy atom. The smallest absolute Gasteiger partial charge is 0.0701 e. The van der Waals surface area contributed by atoms with Crippen molar-refractivity contribution >= 4 is 0 Å². The fourth-order valence-electron chi connectivity index (χ4n) is 5.39. The van der Waals surface area contributed by atoms with E-state index < -0.39 is 0 Å². The predicted octanol–water partition coefficient (Wildman–Crippen LogP) is 0.654. The van der Waals surface area contributed by atoms with E-state index in [4.69, 9.17) is 125 Å². The fraction of sp³-hybridized carbons (Fsp3) is 1.00. The number of rotatable bonds is 74. The van der Waals surface area contributed by atoms with Gasteiger partial charge in [-0.15, -0.1) is 0 Å². The first kappa shape index (κ1) is 76.3. The van der Waals surface area contributed by atoms with Gasteiger partial charge < -0.3 is 119 Å². The zero-order valence-corrected chi connectivity index (χ0v) is 47.1. The molecule has 28 nitrogen and oxygen atoms in total. The average molecular weight is 1140 g/mol. The fourth-order valence-corrected chi connectivity index (χ4v) is 5.39. The molecule has 0 aliphatic heterocycles. The number of azide groups is 1. The summed E-state index contributed by atoms with van der Waals surface area (Å²) in [5.41, 5.74) is 13.5. The van der Waals surface area contributed by atoms with Crippen molar-refractivity contribution in [2.24, 2.45) is 10.8 Å². The van der Waals surface area contributed by atoms with Gasteiger partial charge >= 0.3 is 0 Å². The molecule has 0 saturated heterocycles. The lowest BCUT2D eigenvalue weighted by Gasteiger charge is -2.09. The van der Waals surface area contributed by atoms with Crippen molar-refractivity contribution in [1.29, 1.82) is 0 Å². The Bertz CT molecular complexity index is 1120. The number of hydrogen-bond acceptors (Lipinski definition) is 26. The SMILES string of the molecule is [N-]=[N+]=NCCOCCOCCOCCOCCOCCOCCOCCOCCOCCOCCOCCOCCOCCOCCOCCOCCOCCOCCOCCOCCOCCOCCOCCOCCN. The molecule has 0 rings (SSSR count). The van der Waals surface area contributed by atoms with Crippen LogP contribution in [0.15, 0.2) is 5.11 Å². The molecule has 78 heavy (non-hydrogen) atoms. The highest BCUT2D eigenvalue weighted by Crippen LogP contribution is 1.91. The van der Waals surface area contributed by atoms with Crippen molar-refractivity contribution in [3.05, 3.63) is 10.4 Å². The number of nitrogens with zero attached hydrogens (tertiary/aromatic N) is 3. The highest BCUT2D eigenvalue weighted by Gasteiger charge is 2.00. The van der Waals surface area contributed by atoms with E-state index >= 15 is 0 Å². The maximum Gasteiger partial charge on any atom is 0.0701 e. The van der Waals surface area contributed by atoms with Crippen molar-refractivity contribution in [1.82, 2.24) is 0 Å². The zero-order chi connectivity index (χ0) is 55.7. The van der Waals surface area contributed by atoms with Crippen LogP contribution in [0, 0.1) is 0 Å². The minimum absolute atomic E-state index is 0.320. The molecular formula is C50H102N4O24. The van der Waals surface area contributed by atoms with E-state index in [1.54, 1.807) is 0 Å². The molecule has 0 aromatic carbocycles. The van der Waals surface area contributed by atoms with Crippen LogP contribution in [-0.4, -0.2) is 330 Å². The molecule has 0 radical (unpaired) electrons. The second-order valence-electron chi connectivity index (χ2n) is 15.4. The van der Waals surface area contributed by atoms with Crippen LogP contribution in [0.5, 0.6) is 0 Å². The van der Waals surface area contributed by atoms with Crippen LogP contribution in [0.3, 0.4) is 0 Å². The highest BCUT2D eigenvalue weighted by atomic mass is 16.6. The van der Waals surface area contributed by atoms with Gasteiger partial charge in [-0.05, 0) is 5.53 Å². The van der Waals surface area contributed by atoms with Gasteiger partial charge in [-0.3, -0.25) is 0 Å². The van der Waals surface area contributed by atoms with Crippen LogP contribution in [0.25, 0.3) is 10.4 Å². The van der Waals surface area contributed by atoms with Gasteiger partial charge in [-0.2, -0.15) is 0 Å². The van der Waals surface area contributed by atoms with E-state index in [9.17, 15) is 0 Å². The van der Waals surface area contributed by atoms with Gasteiger partial charge in [-0.1, -0.05) is 5.11 Å². The van der Waals surface area contributed by atoms with Gasteiger partial charge in [0.25, 0.3) is 0 Å². The Morgan fingerprint density at radius 1 is 0.179 bits per heavy atom. The summed E-state index contributed by atoms with van der Waals surface area (Å²) >= 11 is 0. The predicted molar refractivity (Wildman–Crippen MR) is 283 cm³/mol. The lowest BCUT2D eigenvalue weighted by molar-refractivity contribution is -0.0319. The molecule has 0 amide bonds. The zero-order valence-electron chi connectivity index (χ0n) is 47.1. The van der Waals surface area contributed by atoms with E-state index in [0.717, 1.165) is 0 Å². The third-order valence-electron chi connectivity index (χ3n) is 9.22. The molecule has 0 aromatic rings. The molecule has 0 fully saturated rings. The highest BCUT2D eigenvalue weighted by molar-refractivity contribution is 4.45. The molecule has 0 aliphatic carbocycles. The summed E-state index contributed by atoms with van der Waals surface area (Å²) in [5.74, 6) is 0. The van der Waals surface area contributed by atoms with Crippen LogP contribution in [0.2, 0.25) is 0 Å². The van der Waals surface area contributed by atoms with Crippen molar-refractivity contribution in [2.45, 2.75) is 0 Å². The number of ether oxygens (including phenoxy) is 24. The van der Waals surface area contributed by atoms with Crippen molar-refractivity contribution in [3.63, 3.8) is 0 Å². The Hall–Kier alpha value is -1.69. The van der Waals surface area contributed by atoms with Crippen LogP contribution in [-0.2, 0) is 114 Å². The molecule has 0 atom stereocenters. The molecule has 0 aromatic heterocycles. The molecule has 0 heterocycles. The van der Waals surface area contributed by atoms with Crippen molar-refractivity contribution in [3.8, 4) is 0 Å². The first-order valence-corrected chi connectivity index (χ1v) is 27.5. The third kappa shape index (κ3) is 74.3. The minimum Gasteiger partial charge on any atom is -0.379 e. The third-order valence-corrected chi connectivity index (χ3v) is 9.22. The molecule has 0 bridgehead atoms. The van der Waals surface area contributed by atoms with Gasteiger partial charge in [0.1, 0.15) is 0 Å². The largest absolute Gasteiger partial charge is 0.379 e. The van der Waals surface area contributed by atoms with E-state index in [2.05, 4.69) is 10.0 Å². The molecule has 0 aliphatic rings. The second kappa shape index (κ2) is 75.3. The Morgan fingerprint density at radius 2 is 0.282 bits per heavy atom. The molecule has 28 heteroatoms.